The summed E-state index contributed by atoms with van der Waals surface area (Å²) < 4.78 is 6.78. The van der Waals surface area contributed by atoms with E-state index in [4.69, 9.17) is 4.74 Å². The zero-order chi connectivity index (χ0) is 12.0. The molecule has 0 spiro atoms. The third kappa shape index (κ3) is 3.89. The molecule has 0 aliphatic rings. The van der Waals surface area contributed by atoms with Crippen LogP contribution in [0, 0.1) is 0 Å². The van der Waals surface area contributed by atoms with Crippen LogP contribution in [0.25, 0.3) is 0 Å². The van der Waals surface area contributed by atoms with Crippen LogP contribution in [0.1, 0.15) is 26.7 Å². The molecule has 5 heteroatoms. The molecule has 4 nitrogen and oxygen atoms in total. The van der Waals surface area contributed by atoms with Gasteiger partial charge in [0.2, 0.25) is 0 Å². The van der Waals surface area contributed by atoms with Gasteiger partial charge in [-0.05, 0) is 13.3 Å². The maximum absolute atomic E-state index is 11.7. The number of ether oxygens (including phenoxy) is 1. The number of aromatic nitrogens is 2. The number of hydrogen-bond donors (Lipinski definition) is 0. The summed E-state index contributed by atoms with van der Waals surface area (Å²) in [6, 6.07) is 0. The molecule has 0 bridgehead atoms. The number of hydrogen-bond acceptors (Lipinski definition) is 4. The molecule has 0 amide bonds. The van der Waals surface area contributed by atoms with Gasteiger partial charge < -0.3 is 4.74 Å². The van der Waals surface area contributed by atoms with E-state index in [1.165, 1.54) is 11.8 Å². The highest BCUT2D eigenvalue weighted by Gasteiger charge is 2.20. The second kappa shape index (κ2) is 6.58. The molecule has 1 unspecified atom stereocenters. The van der Waals surface area contributed by atoms with Gasteiger partial charge in [0.05, 0.1) is 12.8 Å². The van der Waals surface area contributed by atoms with Crippen molar-refractivity contribution in [2.45, 2.75) is 36.8 Å². The number of carbonyl (C=O) groups excluding carboxylic acids is 1. The van der Waals surface area contributed by atoms with Crippen LogP contribution in [0.3, 0.4) is 0 Å². The largest absolute Gasteiger partial charge is 0.465 e. The highest BCUT2D eigenvalue weighted by Crippen LogP contribution is 2.26. The molecule has 0 N–H and O–H groups in total. The van der Waals surface area contributed by atoms with Crippen molar-refractivity contribution in [3.8, 4) is 0 Å². The molecule has 90 valence electrons. The molecular weight excluding hydrogens is 224 g/mol. The van der Waals surface area contributed by atoms with Crippen LogP contribution in [0.5, 0.6) is 0 Å². The van der Waals surface area contributed by atoms with Gasteiger partial charge in [-0.25, -0.2) is 0 Å². The fourth-order valence-electron chi connectivity index (χ4n) is 1.35. The molecule has 0 saturated heterocycles. The molecular formula is C11H18N2O2S. The Hall–Kier alpha value is -0.970. The predicted octanol–water partition coefficient (Wildman–Crippen LogP) is 2.24. The fraction of sp³-hybridized carbons (Fsp3) is 0.636. The van der Waals surface area contributed by atoms with Crippen LogP contribution in [0.2, 0.25) is 0 Å². The van der Waals surface area contributed by atoms with Gasteiger partial charge in [-0.3, -0.25) is 9.48 Å². The molecule has 1 rings (SSSR count). The van der Waals surface area contributed by atoms with Gasteiger partial charge in [-0.2, -0.15) is 5.10 Å². The van der Waals surface area contributed by atoms with Crippen molar-refractivity contribution in [2.75, 3.05) is 6.61 Å². The summed E-state index contributed by atoms with van der Waals surface area (Å²) in [4.78, 5) is 12.7. The van der Waals surface area contributed by atoms with E-state index < -0.39 is 0 Å². The minimum Gasteiger partial charge on any atom is -0.465 e. The third-order valence-electron chi connectivity index (χ3n) is 2.06. The Morgan fingerprint density at radius 2 is 2.38 bits per heavy atom. The van der Waals surface area contributed by atoms with E-state index >= 15 is 0 Å². The molecule has 0 saturated carbocycles. The first-order valence-electron chi connectivity index (χ1n) is 5.49. The molecule has 1 aromatic heterocycles. The molecule has 1 aromatic rings. The van der Waals surface area contributed by atoms with Crippen molar-refractivity contribution in [3.63, 3.8) is 0 Å². The summed E-state index contributed by atoms with van der Waals surface area (Å²) in [5.41, 5.74) is 0. The molecule has 0 aliphatic carbocycles. The smallest absolute Gasteiger partial charge is 0.319 e. The zero-order valence-electron chi connectivity index (χ0n) is 9.97. The Morgan fingerprint density at radius 3 is 2.88 bits per heavy atom. The zero-order valence-corrected chi connectivity index (χ0v) is 10.8. The quantitative estimate of drug-likeness (QED) is 0.567. The number of nitrogens with zero attached hydrogens (tertiary/aromatic N) is 2. The molecule has 0 aliphatic heterocycles. The van der Waals surface area contributed by atoms with Crippen LogP contribution in [0.4, 0.5) is 0 Å². The summed E-state index contributed by atoms with van der Waals surface area (Å²) in [6.07, 6.45) is 5.48. The maximum Gasteiger partial charge on any atom is 0.319 e. The SMILES string of the molecule is CCCC(Sc1cnn(C)c1)C(=O)OCC. The number of thioether (sulfide) groups is 1. The van der Waals surface area contributed by atoms with Crippen molar-refractivity contribution >= 4 is 17.7 Å². The molecule has 0 fully saturated rings. The van der Waals surface area contributed by atoms with E-state index in [0.717, 1.165) is 17.7 Å². The van der Waals surface area contributed by atoms with E-state index in [1.807, 2.05) is 20.2 Å². The Balaban J connectivity index is 2.60. The van der Waals surface area contributed by atoms with Crippen LogP contribution >= 0.6 is 11.8 Å². The minimum absolute atomic E-state index is 0.117. The van der Waals surface area contributed by atoms with Crippen molar-refractivity contribution in [1.82, 2.24) is 9.78 Å². The summed E-state index contributed by atoms with van der Waals surface area (Å²) in [7, 11) is 1.86. The molecule has 16 heavy (non-hydrogen) atoms. The van der Waals surface area contributed by atoms with Crippen molar-refractivity contribution < 1.29 is 9.53 Å². The summed E-state index contributed by atoms with van der Waals surface area (Å²) in [6.45, 7) is 4.33. The summed E-state index contributed by atoms with van der Waals surface area (Å²) in [5, 5.41) is 3.96. The number of carbonyl (C=O) groups is 1. The predicted molar refractivity (Wildman–Crippen MR) is 64.4 cm³/mol. The average Bonchev–Trinajstić information content (AvgIpc) is 2.64. The number of esters is 1. The van der Waals surface area contributed by atoms with Crippen LogP contribution < -0.4 is 0 Å². The minimum atomic E-state index is -0.127. The highest BCUT2D eigenvalue weighted by molar-refractivity contribution is 8.00. The van der Waals surface area contributed by atoms with Gasteiger partial charge in [0, 0.05) is 18.1 Å². The van der Waals surface area contributed by atoms with E-state index in [0.29, 0.717) is 6.61 Å². The first-order chi connectivity index (χ1) is 7.67. The second-order valence-electron chi connectivity index (χ2n) is 3.50. The van der Waals surface area contributed by atoms with Gasteiger partial charge in [0.1, 0.15) is 5.25 Å². The van der Waals surface area contributed by atoms with Crippen LogP contribution in [-0.2, 0) is 16.6 Å². The lowest BCUT2D eigenvalue weighted by molar-refractivity contribution is -0.142. The lowest BCUT2D eigenvalue weighted by Crippen LogP contribution is -2.19. The van der Waals surface area contributed by atoms with Crippen molar-refractivity contribution in [3.05, 3.63) is 12.4 Å². The first kappa shape index (κ1) is 13.1. The van der Waals surface area contributed by atoms with Gasteiger partial charge in [0.15, 0.2) is 0 Å². The third-order valence-corrected chi connectivity index (χ3v) is 3.26. The van der Waals surface area contributed by atoms with Gasteiger partial charge in [0.25, 0.3) is 0 Å². The van der Waals surface area contributed by atoms with E-state index in [2.05, 4.69) is 12.0 Å². The van der Waals surface area contributed by atoms with Gasteiger partial charge in [-0.1, -0.05) is 13.3 Å². The number of aryl methyl sites for hydroxylation is 1. The maximum atomic E-state index is 11.7. The molecule has 0 aromatic carbocycles. The summed E-state index contributed by atoms with van der Waals surface area (Å²) in [5.74, 6) is -0.127. The lowest BCUT2D eigenvalue weighted by atomic mass is 10.2. The highest BCUT2D eigenvalue weighted by atomic mass is 32.2. The van der Waals surface area contributed by atoms with Gasteiger partial charge in [-0.15, -0.1) is 11.8 Å². The summed E-state index contributed by atoms with van der Waals surface area (Å²) >= 11 is 1.52. The fourth-order valence-corrected chi connectivity index (χ4v) is 2.51. The Kier molecular flexibility index (Phi) is 5.38. The molecule has 0 radical (unpaired) electrons. The Morgan fingerprint density at radius 1 is 1.62 bits per heavy atom. The normalized spacial score (nSPS) is 12.4. The van der Waals surface area contributed by atoms with E-state index in [-0.39, 0.29) is 11.2 Å². The lowest BCUT2D eigenvalue weighted by Gasteiger charge is -2.12. The monoisotopic (exact) mass is 242 g/mol. The standard InChI is InChI=1S/C11H18N2O2S/c1-4-6-10(11(14)15-5-2)16-9-7-12-13(3)8-9/h7-8,10H,4-6H2,1-3H3. The van der Waals surface area contributed by atoms with Crippen LogP contribution in [-0.4, -0.2) is 27.6 Å². The topological polar surface area (TPSA) is 44.1 Å². The second-order valence-corrected chi connectivity index (χ2v) is 4.77. The Labute approximate surface area is 100 Å². The van der Waals surface area contributed by atoms with Crippen LogP contribution in [0.15, 0.2) is 17.3 Å². The van der Waals surface area contributed by atoms with Crippen molar-refractivity contribution in [2.24, 2.45) is 7.05 Å². The van der Waals surface area contributed by atoms with E-state index in [1.54, 1.807) is 10.9 Å². The molecule has 1 heterocycles. The Bertz CT molecular complexity index is 338. The van der Waals surface area contributed by atoms with Crippen molar-refractivity contribution in [1.29, 1.82) is 0 Å². The molecule has 1 atom stereocenters. The number of rotatable bonds is 6. The first-order valence-corrected chi connectivity index (χ1v) is 6.37. The van der Waals surface area contributed by atoms with Gasteiger partial charge >= 0.3 is 5.97 Å². The average molecular weight is 242 g/mol. The van der Waals surface area contributed by atoms with E-state index in [9.17, 15) is 4.79 Å².